The number of anilines is 1. The van der Waals surface area contributed by atoms with Crippen LogP contribution in [0.3, 0.4) is 0 Å². The minimum atomic E-state index is -1.00. The molecule has 104 valence electrons. The summed E-state index contributed by atoms with van der Waals surface area (Å²) in [6.45, 7) is 7.84. The summed E-state index contributed by atoms with van der Waals surface area (Å²) in [6, 6.07) is 4.83. The Hall–Kier alpha value is -1.88. The molecule has 0 saturated carbocycles. The predicted molar refractivity (Wildman–Crippen MR) is 74.5 cm³/mol. The quantitative estimate of drug-likeness (QED) is 0.760. The molecule has 0 bridgehead atoms. The molecule has 5 nitrogen and oxygen atoms in total. The lowest BCUT2D eigenvalue weighted by atomic mass is 10.0. The molecular formula is C14H20N2O3. The second kappa shape index (κ2) is 5.84. The Balaban J connectivity index is 2.98. The van der Waals surface area contributed by atoms with E-state index in [2.05, 4.69) is 10.6 Å². The van der Waals surface area contributed by atoms with E-state index in [0.29, 0.717) is 17.8 Å². The van der Waals surface area contributed by atoms with E-state index in [-0.39, 0.29) is 11.5 Å². The van der Waals surface area contributed by atoms with Crippen LogP contribution in [0.4, 0.5) is 5.69 Å². The monoisotopic (exact) mass is 264 g/mol. The number of carboxylic acids is 1. The molecule has 1 rings (SSSR count). The molecule has 1 aromatic carbocycles. The van der Waals surface area contributed by atoms with Gasteiger partial charge in [-0.2, -0.15) is 0 Å². The van der Waals surface area contributed by atoms with E-state index in [1.807, 2.05) is 6.92 Å². The molecule has 3 N–H and O–H groups in total. The van der Waals surface area contributed by atoms with E-state index >= 15 is 0 Å². The third-order valence-corrected chi connectivity index (χ3v) is 3.00. The van der Waals surface area contributed by atoms with Gasteiger partial charge in [-0.15, -0.1) is 0 Å². The maximum atomic E-state index is 12.1. The van der Waals surface area contributed by atoms with Crippen molar-refractivity contribution in [1.82, 2.24) is 5.32 Å². The molecule has 19 heavy (non-hydrogen) atoms. The number of amides is 1. The fourth-order valence-electron chi connectivity index (χ4n) is 1.80. The summed E-state index contributed by atoms with van der Waals surface area (Å²) >= 11 is 0. The smallest absolute Gasteiger partial charge is 0.336 e. The molecule has 0 saturated heterocycles. The number of aromatic carboxylic acids is 1. The van der Waals surface area contributed by atoms with Crippen molar-refractivity contribution in [3.05, 3.63) is 29.3 Å². The second-order valence-electron chi connectivity index (χ2n) is 4.89. The van der Waals surface area contributed by atoms with Crippen LogP contribution in [0.1, 0.15) is 36.7 Å². The number of hydrogen-bond donors (Lipinski definition) is 3. The number of rotatable bonds is 5. The van der Waals surface area contributed by atoms with Crippen LogP contribution in [0.5, 0.6) is 0 Å². The van der Waals surface area contributed by atoms with E-state index in [1.54, 1.807) is 32.9 Å². The van der Waals surface area contributed by atoms with Gasteiger partial charge in [0.2, 0.25) is 5.91 Å². The number of carboxylic acid groups (broad SMARTS) is 1. The van der Waals surface area contributed by atoms with Crippen molar-refractivity contribution in [2.45, 2.75) is 33.2 Å². The van der Waals surface area contributed by atoms with Gasteiger partial charge in [-0.05, 0) is 45.0 Å². The Bertz CT molecular complexity index is 495. The van der Waals surface area contributed by atoms with Gasteiger partial charge < -0.3 is 15.7 Å². The highest BCUT2D eigenvalue weighted by atomic mass is 16.4. The van der Waals surface area contributed by atoms with Crippen LogP contribution in [0.25, 0.3) is 0 Å². The normalized spacial score (nSPS) is 11.2. The first-order valence-electron chi connectivity index (χ1n) is 6.19. The maximum Gasteiger partial charge on any atom is 0.336 e. The van der Waals surface area contributed by atoms with E-state index in [4.69, 9.17) is 5.11 Å². The maximum absolute atomic E-state index is 12.1. The first kappa shape index (κ1) is 15.2. The molecule has 0 fully saturated rings. The van der Waals surface area contributed by atoms with Crippen LogP contribution >= 0.6 is 0 Å². The molecule has 1 aromatic rings. The van der Waals surface area contributed by atoms with Crippen molar-refractivity contribution in [1.29, 1.82) is 0 Å². The van der Waals surface area contributed by atoms with Gasteiger partial charge in [0, 0.05) is 5.69 Å². The van der Waals surface area contributed by atoms with Crippen molar-refractivity contribution < 1.29 is 14.7 Å². The van der Waals surface area contributed by atoms with Gasteiger partial charge in [0.1, 0.15) is 0 Å². The third-order valence-electron chi connectivity index (χ3n) is 3.00. The first-order valence-corrected chi connectivity index (χ1v) is 6.19. The molecule has 0 aliphatic heterocycles. The van der Waals surface area contributed by atoms with E-state index in [1.165, 1.54) is 6.07 Å². The van der Waals surface area contributed by atoms with Gasteiger partial charge >= 0.3 is 5.97 Å². The van der Waals surface area contributed by atoms with E-state index in [0.717, 1.165) is 0 Å². The van der Waals surface area contributed by atoms with Crippen LogP contribution in [0.2, 0.25) is 0 Å². The van der Waals surface area contributed by atoms with Gasteiger partial charge in [-0.3, -0.25) is 4.79 Å². The Labute approximate surface area is 113 Å². The van der Waals surface area contributed by atoms with E-state index < -0.39 is 11.5 Å². The molecule has 0 heterocycles. The summed E-state index contributed by atoms with van der Waals surface area (Å²) in [5.41, 5.74) is 0.561. The van der Waals surface area contributed by atoms with Gasteiger partial charge in [-0.25, -0.2) is 4.79 Å². The molecule has 0 atom stereocenters. The highest BCUT2D eigenvalue weighted by Crippen LogP contribution is 2.20. The molecule has 0 unspecified atom stereocenters. The van der Waals surface area contributed by atoms with Crippen molar-refractivity contribution >= 4 is 17.6 Å². The number of benzene rings is 1. The molecule has 0 aliphatic rings. The van der Waals surface area contributed by atoms with Crippen LogP contribution in [0, 0.1) is 6.92 Å². The lowest BCUT2D eigenvalue weighted by Gasteiger charge is -2.25. The number of nitrogens with one attached hydrogen (secondary N) is 2. The zero-order chi connectivity index (χ0) is 14.6. The number of likely N-dealkylation sites (N-methyl/N-ethyl adjacent to an activating group) is 1. The van der Waals surface area contributed by atoms with Crippen LogP contribution in [0.15, 0.2) is 18.2 Å². The predicted octanol–water partition coefficient (Wildman–Crippen LogP) is 2.02. The topological polar surface area (TPSA) is 78.4 Å². The summed E-state index contributed by atoms with van der Waals surface area (Å²) < 4.78 is 0. The van der Waals surface area contributed by atoms with Crippen LogP contribution in [-0.4, -0.2) is 29.1 Å². The lowest BCUT2D eigenvalue weighted by molar-refractivity contribution is -0.121. The van der Waals surface area contributed by atoms with Gasteiger partial charge in [0.15, 0.2) is 0 Å². The Morgan fingerprint density at radius 1 is 1.32 bits per heavy atom. The fraction of sp³-hybridized carbons (Fsp3) is 0.429. The molecule has 5 heteroatoms. The molecule has 0 spiro atoms. The van der Waals surface area contributed by atoms with Gasteiger partial charge in [0.05, 0.1) is 11.1 Å². The highest BCUT2D eigenvalue weighted by molar-refractivity contribution is 6.00. The summed E-state index contributed by atoms with van der Waals surface area (Å²) in [4.78, 5) is 23.2. The average molecular weight is 264 g/mol. The molecular weight excluding hydrogens is 244 g/mol. The molecule has 0 radical (unpaired) electrons. The highest BCUT2D eigenvalue weighted by Gasteiger charge is 2.26. The number of hydrogen-bond acceptors (Lipinski definition) is 3. The van der Waals surface area contributed by atoms with Crippen molar-refractivity contribution in [2.24, 2.45) is 0 Å². The minimum Gasteiger partial charge on any atom is -0.478 e. The minimum absolute atomic E-state index is 0.194. The number of carbonyl (C=O) groups is 2. The average Bonchev–Trinajstić information content (AvgIpc) is 2.31. The van der Waals surface area contributed by atoms with E-state index in [9.17, 15) is 9.59 Å². The van der Waals surface area contributed by atoms with Crippen molar-refractivity contribution in [3.63, 3.8) is 0 Å². The standard InChI is InChI=1S/C14H20N2O3/c1-5-15-14(3,4)13(19)16-11-8-6-7-10(9(11)2)12(17)18/h6-8,15H,5H2,1-4H3,(H,16,19)(H,17,18). The molecule has 1 amide bonds. The van der Waals surface area contributed by atoms with Crippen molar-refractivity contribution in [2.75, 3.05) is 11.9 Å². The number of carbonyl (C=O) groups excluding carboxylic acids is 1. The second-order valence-corrected chi connectivity index (χ2v) is 4.89. The summed E-state index contributed by atoms with van der Waals surface area (Å²) in [6.07, 6.45) is 0. The summed E-state index contributed by atoms with van der Waals surface area (Å²) in [5.74, 6) is -1.19. The van der Waals surface area contributed by atoms with Gasteiger partial charge in [0.25, 0.3) is 0 Å². The van der Waals surface area contributed by atoms with Crippen LogP contribution < -0.4 is 10.6 Å². The SMILES string of the molecule is CCNC(C)(C)C(=O)Nc1cccc(C(=O)O)c1C. The van der Waals surface area contributed by atoms with Crippen LogP contribution in [-0.2, 0) is 4.79 Å². The lowest BCUT2D eigenvalue weighted by Crippen LogP contribution is -2.49. The third kappa shape index (κ3) is 3.54. The zero-order valence-corrected chi connectivity index (χ0v) is 11.7. The Morgan fingerprint density at radius 2 is 1.95 bits per heavy atom. The van der Waals surface area contributed by atoms with Crippen molar-refractivity contribution in [3.8, 4) is 0 Å². The summed E-state index contributed by atoms with van der Waals surface area (Å²) in [7, 11) is 0. The Morgan fingerprint density at radius 3 is 2.47 bits per heavy atom. The Kier molecular flexibility index (Phi) is 4.67. The summed E-state index contributed by atoms with van der Waals surface area (Å²) in [5, 5.41) is 14.9. The van der Waals surface area contributed by atoms with Gasteiger partial charge in [-0.1, -0.05) is 13.0 Å². The fourth-order valence-corrected chi connectivity index (χ4v) is 1.80. The largest absolute Gasteiger partial charge is 0.478 e. The molecule has 0 aromatic heterocycles. The molecule has 0 aliphatic carbocycles. The first-order chi connectivity index (χ1) is 8.79. The zero-order valence-electron chi connectivity index (χ0n) is 11.7.